The second-order valence-corrected chi connectivity index (χ2v) is 8.96. The van der Waals surface area contributed by atoms with Gasteiger partial charge in [-0.1, -0.05) is 36.4 Å². The Hall–Kier alpha value is -3.32. The molecule has 2 fully saturated rings. The number of hydrogen-bond donors (Lipinski definition) is 0. The quantitative estimate of drug-likeness (QED) is 0.543. The summed E-state index contributed by atoms with van der Waals surface area (Å²) in [7, 11) is 0. The average molecular weight is 462 g/mol. The highest BCUT2D eigenvalue weighted by Crippen LogP contribution is 2.40. The first-order valence-corrected chi connectivity index (χ1v) is 11.8. The van der Waals surface area contributed by atoms with Crippen LogP contribution in [-0.2, 0) is 14.9 Å². The van der Waals surface area contributed by atoms with E-state index in [1.807, 2.05) is 35.2 Å². The lowest BCUT2D eigenvalue weighted by Gasteiger charge is -2.42. The second-order valence-electron chi connectivity index (χ2n) is 8.96. The van der Waals surface area contributed by atoms with Crippen LogP contribution in [0.15, 0.2) is 67.0 Å². The highest BCUT2D eigenvalue weighted by atomic mass is 19.1. The molecule has 0 aliphatic carbocycles. The van der Waals surface area contributed by atoms with E-state index in [-0.39, 0.29) is 17.6 Å². The number of benzene rings is 2. The zero-order valence-electron chi connectivity index (χ0n) is 19.0. The van der Waals surface area contributed by atoms with E-state index < -0.39 is 5.41 Å². The van der Waals surface area contributed by atoms with Crippen molar-refractivity contribution in [1.29, 1.82) is 0 Å². The van der Waals surface area contributed by atoms with Crippen LogP contribution in [0.5, 0.6) is 11.6 Å². The Balaban J connectivity index is 1.37. The summed E-state index contributed by atoms with van der Waals surface area (Å²) in [5.41, 5.74) is 0.386. The van der Waals surface area contributed by atoms with Crippen LogP contribution in [0.2, 0.25) is 0 Å². The SMILES string of the molecule is O=C(N1CCCC(c2cncc(Oc3ccccc3)n2)C1)C1(c2ccccc2F)CCOCC1. The third kappa shape index (κ3) is 4.53. The summed E-state index contributed by atoms with van der Waals surface area (Å²) in [4.78, 5) is 24.9. The summed E-state index contributed by atoms with van der Waals surface area (Å²) in [5, 5.41) is 0. The molecule has 2 saturated heterocycles. The minimum absolute atomic E-state index is 0.0183. The van der Waals surface area contributed by atoms with Crippen LogP contribution in [0.25, 0.3) is 0 Å². The Morgan fingerprint density at radius 2 is 1.82 bits per heavy atom. The van der Waals surface area contributed by atoms with Crippen LogP contribution in [0.4, 0.5) is 4.39 Å². The maximum absolute atomic E-state index is 14.9. The van der Waals surface area contributed by atoms with Gasteiger partial charge in [-0.25, -0.2) is 9.37 Å². The van der Waals surface area contributed by atoms with Crippen LogP contribution in [0.1, 0.15) is 42.9 Å². The molecule has 2 aromatic carbocycles. The number of aromatic nitrogens is 2. The third-order valence-corrected chi connectivity index (χ3v) is 6.87. The van der Waals surface area contributed by atoms with E-state index in [9.17, 15) is 9.18 Å². The highest BCUT2D eigenvalue weighted by molar-refractivity contribution is 5.88. The number of carbonyl (C=O) groups excluding carboxylic acids is 1. The molecule has 6 nitrogen and oxygen atoms in total. The largest absolute Gasteiger partial charge is 0.437 e. The van der Waals surface area contributed by atoms with Gasteiger partial charge in [0.15, 0.2) is 0 Å². The Morgan fingerprint density at radius 1 is 1.06 bits per heavy atom. The van der Waals surface area contributed by atoms with E-state index in [1.54, 1.807) is 30.6 Å². The smallest absolute Gasteiger partial charge is 0.238 e. The molecule has 0 radical (unpaired) electrons. The van der Waals surface area contributed by atoms with Gasteiger partial charge in [-0.05, 0) is 43.9 Å². The van der Waals surface area contributed by atoms with Crippen LogP contribution < -0.4 is 4.74 Å². The van der Waals surface area contributed by atoms with Crippen molar-refractivity contribution >= 4 is 5.91 Å². The van der Waals surface area contributed by atoms with E-state index >= 15 is 0 Å². The first-order chi connectivity index (χ1) is 16.7. The van der Waals surface area contributed by atoms with Gasteiger partial charge in [0.25, 0.3) is 0 Å². The Kier molecular flexibility index (Phi) is 6.54. The Labute approximate surface area is 198 Å². The minimum atomic E-state index is -0.893. The lowest BCUT2D eigenvalue weighted by atomic mass is 9.72. The predicted octanol–water partition coefficient (Wildman–Crippen LogP) is 4.86. The number of hydrogen-bond acceptors (Lipinski definition) is 5. The zero-order valence-corrected chi connectivity index (χ0v) is 19.0. The van der Waals surface area contributed by atoms with Crippen LogP contribution in [0, 0.1) is 5.82 Å². The molecular formula is C27H28FN3O3. The van der Waals surface area contributed by atoms with Crippen LogP contribution >= 0.6 is 0 Å². The van der Waals surface area contributed by atoms with Gasteiger partial charge in [-0.2, -0.15) is 0 Å². The summed E-state index contributed by atoms with van der Waals surface area (Å²) in [5.74, 6) is 0.820. The van der Waals surface area contributed by atoms with E-state index in [1.165, 1.54) is 6.07 Å². The number of likely N-dealkylation sites (tertiary alicyclic amines) is 1. The van der Waals surface area contributed by atoms with Gasteiger partial charge < -0.3 is 14.4 Å². The molecule has 0 N–H and O–H groups in total. The van der Waals surface area contributed by atoms with Crippen molar-refractivity contribution < 1.29 is 18.7 Å². The molecule has 3 heterocycles. The van der Waals surface area contributed by atoms with Crippen molar-refractivity contribution in [3.63, 3.8) is 0 Å². The first-order valence-electron chi connectivity index (χ1n) is 11.8. The van der Waals surface area contributed by atoms with Gasteiger partial charge in [0.2, 0.25) is 11.8 Å². The number of piperidine rings is 1. The molecule has 3 aromatic rings. The third-order valence-electron chi connectivity index (χ3n) is 6.87. The fourth-order valence-corrected chi connectivity index (χ4v) is 5.09. The monoisotopic (exact) mass is 461 g/mol. The maximum Gasteiger partial charge on any atom is 0.238 e. The molecule has 5 rings (SSSR count). The molecule has 0 bridgehead atoms. The lowest BCUT2D eigenvalue weighted by molar-refractivity contribution is -0.142. The Bertz CT molecular complexity index is 1130. The molecule has 1 atom stereocenters. The van der Waals surface area contributed by atoms with Crippen LogP contribution in [0.3, 0.4) is 0 Å². The fraction of sp³-hybridized carbons (Fsp3) is 0.370. The van der Waals surface area contributed by atoms with Crippen molar-refractivity contribution in [2.24, 2.45) is 0 Å². The van der Waals surface area contributed by atoms with Gasteiger partial charge in [0.05, 0.1) is 17.3 Å². The van der Waals surface area contributed by atoms with E-state index in [2.05, 4.69) is 9.97 Å². The normalized spacial score (nSPS) is 20.0. The van der Waals surface area contributed by atoms with Crippen molar-refractivity contribution in [2.75, 3.05) is 26.3 Å². The summed E-state index contributed by atoms with van der Waals surface area (Å²) in [6.45, 7) is 2.07. The summed E-state index contributed by atoms with van der Waals surface area (Å²) >= 11 is 0. The summed E-state index contributed by atoms with van der Waals surface area (Å²) in [6.07, 6.45) is 6.06. The van der Waals surface area contributed by atoms with Gasteiger partial charge in [-0.15, -0.1) is 0 Å². The highest BCUT2D eigenvalue weighted by Gasteiger charge is 2.46. The van der Waals surface area contributed by atoms with E-state index in [0.29, 0.717) is 56.3 Å². The van der Waals surface area contributed by atoms with E-state index in [4.69, 9.17) is 9.47 Å². The molecule has 1 aromatic heterocycles. The molecule has 1 unspecified atom stereocenters. The maximum atomic E-state index is 14.9. The lowest BCUT2D eigenvalue weighted by Crippen LogP contribution is -2.52. The summed E-state index contributed by atoms with van der Waals surface area (Å²) in [6, 6.07) is 16.1. The predicted molar refractivity (Wildman–Crippen MR) is 125 cm³/mol. The number of halogens is 1. The molecule has 2 aliphatic rings. The summed E-state index contributed by atoms with van der Waals surface area (Å²) < 4.78 is 26.3. The van der Waals surface area contributed by atoms with Gasteiger partial charge in [0, 0.05) is 44.0 Å². The number of amides is 1. The molecule has 2 aliphatic heterocycles. The van der Waals surface area contributed by atoms with Crippen molar-refractivity contribution in [2.45, 2.75) is 37.0 Å². The van der Waals surface area contributed by atoms with Crippen molar-refractivity contribution in [1.82, 2.24) is 14.9 Å². The first kappa shape index (κ1) is 22.5. The second kappa shape index (κ2) is 9.89. The number of para-hydroxylation sites is 1. The molecule has 0 saturated carbocycles. The molecule has 7 heteroatoms. The number of nitrogens with zero attached hydrogens (tertiary/aromatic N) is 3. The fourth-order valence-electron chi connectivity index (χ4n) is 5.09. The van der Waals surface area contributed by atoms with Gasteiger partial charge >= 0.3 is 0 Å². The van der Waals surface area contributed by atoms with E-state index in [0.717, 1.165) is 18.5 Å². The van der Waals surface area contributed by atoms with Gasteiger partial charge in [-0.3, -0.25) is 9.78 Å². The van der Waals surface area contributed by atoms with Gasteiger partial charge in [0.1, 0.15) is 11.6 Å². The molecule has 34 heavy (non-hydrogen) atoms. The molecule has 1 amide bonds. The number of carbonyl (C=O) groups is 1. The molecule has 176 valence electrons. The van der Waals surface area contributed by atoms with Crippen molar-refractivity contribution in [3.8, 4) is 11.6 Å². The molecule has 0 spiro atoms. The topological polar surface area (TPSA) is 64.6 Å². The minimum Gasteiger partial charge on any atom is -0.437 e. The van der Waals surface area contributed by atoms with Crippen molar-refractivity contribution in [3.05, 3.63) is 84.1 Å². The average Bonchev–Trinajstić information content (AvgIpc) is 2.90. The standard InChI is InChI=1S/C27H28FN3O3/c28-23-11-5-4-10-22(23)27(12-15-33-16-13-27)26(32)31-14-6-7-20(19-31)24-17-29-18-25(30-24)34-21-8-2-1-3-9-21/h1-5,8-11,17-18,20H,6-7,12-16,19H2. The number of ether oxygens (including phenoxy) is 2. The Morgan fingerprint density at radius 3 is 2.62 bits per heavy atom. The number of rotatable bonds is 5. The zero-order chi connectivity index (χ0) is 23.4. The van der Waals surface area contributed by atoms with Crippen LogP contribution in [-0.4, -0.2) is 47.1 Å². The molecular weight excluding hydrogens is 433 g/mol.